The predicted octanol–water partition coefficient (Wildman–Crippen LogP) is 4.45. The molecule has 0 aliphatic heterocycles. The van der Waals surface area contributed by atoms with E-state index in [0.29, 0.717) is 16.8 Å². The van der Waals surface area contributed by atoms with Gasteiger partial charge in [0.1, 0.15) is 0 Å². The lowest BCUT2D eigenvalue weighted by Crippen LogP contribution is -2.14. The zero-order valence-electron chi connectivity index (χ0n) is 13.8. The maximum Gasteiger partial charge on any atom is 0.324 e. The molecule has 6 nitrogen and oxygen atoms in total. The highest BCUT2D eigenvalue weighted by molar-refractivity contribution is 7.17. The molecule has 0 spiro atoms. The van der Waals surface area contributed by atoms with Gasteiger partial charge < -0.3 is 5.32 Å². The summed E-state index contributed by atoms with van der Waals surface area (Å²) in [4.78, 5) is 35.6. The SMILES string of the molecule is Cc1ccc(NC(=O)c2ccc([N+](=O)[O-])s2)c(C(=O)c2ccccc2)c1. The van der Waals surface area contributed by atoms with E-state index in [1.165, 1.54) is 12.1 Å². The van der Waals surface area contributed by atoms with E-state index in [-0.39, 0.29) is 15.7 Å². The van der Waals surface area contributed by atoms with Crippen LogP contribution in [0.2, 0.25) is 0 Å². The van der Waals surface area contributed by atoms with Gasteiger partial charge in [-0.05, 0) is 25.1 Å². The van der Waals surface area contributed by atoms with Gasteiger partial charge in [-0.3, -0.25) is 19.7 Å². The molecule has 130 valence electrons. The Bertz CT molecular complexity index is 996. The van der Waals surface area contributed by atoms with Crippen LogP contribution in [0.3, 0.4) is 0 Å². The standard InChI is InChI=1S/C19H14N2O4S/c1-12-7-8-15(14(11-12)18(22)13-5-3-2-4-6-13)20-19(23)16-9-10-17(26-16)21(24)25/h2-11H,1H3,(H,20,23). The van der Waals surface area contributed by atoms with Gasteiger partial charge in [0.2, 0.25) is 0 Å². The van der Waals surface area contributed by atoms with Gasteiger partial charge in [0.15, 0.2) is 5.78 Å². The number of aryl methyl sites for hydroxylation is 1. The number of rotatable bonds is 5. The molecule has 0 saturated heterocycles. The average molecular weight is 366 g/mol. The second-order valence-corrected chi connectivity index (χ2v) is 6.66. The summed E-state index contributed by atoms with van der Waals surface area (Å²) in [6, 6.07) is 16.6. The topological polar surface area (TPSA) is 89.3 Å². The van der Waals surface area contributed by atoms with Gasteiger partial charge in [0.05, 0.1) is 15.5 Å². The summed E-state index contributed by atoms with van der Waals surface area (Å²) in [6.07, 6.45) is 0. The van der Waals surface area contributed by atoms with Crippen molar-refractivity contribution in [2.24, 2.45) is 0 Å². The molecule has 1 amide bonds. The first kappa shape index (κ1) is 17.5. The minimum absolute atomic E-state index is 0.111. The molecule has 3 rings (SSSR count). The van der Waals surface area contributed by atoms with Crippen LogP contribution in [0.15, 0.2) is 60.7 Å². The van der Waals surface area contributed by atoms with Gasteiger partial charge in [0.25, 0.3) is 5.91 Å². The number of anilines is 1. The Morgan fingerprint density at radius 3 is 2.42 bits per heavy atom. The summed E-state index contributed by atoms with van der Waals surface area (Å²) in [6.45, 7) is 1.86. The molecule has 7 heteroatoms. The lowest BCUT2D eigenvalue weighted by Gasteiger charge is -2.11. The molecule has 0 radical (unpaired) electrons. The second-order valence-electron chi connectivity index (χ2n) is 5.59. The quantitative estimate of drug-likeness (QED) is 0.410. The van der Waals surface area contributed by atoms with Gasteiger partial charge >= 0.3 is 5.00 Å². The highest BCUT2D eigenvalue weighted by Crippen LogP contribution is 2.26. The van der Waals surface area contributed by atoms with E-state index in [0.717, 1.165) is 16.9 Å². The molecule has 1 heterocycles. The first-order chi connectivity index (χ1) is 12.5. The number of thiophene rings is 1. The Morgan fingerprint density at radius 1 is 1.04 bits per heavy atom. The van der Waals surface area contributed by atoms with Crippen LogP contribution in [0, 0.1) is 17.0 Å². The summed E-state index contributed by atoms with van der Waals surface area (Å²) >= 11 is 0.786. The third-order valence-corrected chi connectivity index (χ3v) is 4.74. The number of carbonyl (C=O) groups excluding carboxylic acids is 2. The van der Waals surface area contributed by atoms with E-state index in [1.807, 2.05) is 13.0 Å². The third kappa shape index (κ3) is 3.68. The highest BCUT2D eigenvalue weighted by Gasteiger charge is 2.19. The number of hydrogen-bond donors (Lipinski definition) is 1. The first-order valence-corrected chi connectivity index (χ1v) is 8.53. The van der Waals surface area contributed by atoms with Crippen molar-refractivity contribution < 1.29 is 14.5 Å². The number of nitrogens with zero attached hydrogens (tertiary/aromatic N) is 1. The van der Waals surface area contributed by atoms with Crippen LogP contribution in [-0.4, -0.2) is 16.6 Å². The molecule has 0 unspecified atom stereocenters. The van der Waals surface area contributed by atoms with Crippen LogP contribution in [0.1, 0.15) is 31.2 Å². The van der Waals surface area contributed by atoms with Crippen LogP contribution in [0.25, 0.3) is 0 Å². The van der Waals surface area contributed by atoms with Crippen LogP contribution >= 0.6 is 11.3 Å². The second kappa shape index (κ2) is 7.28. The number of ketones is 1. The maximum atomic E-state index is 12.8. The van der Waals surface area contributed by atoms with Gasteiger partial charge in [-0.2, -0.15) is 0 Å². The average Bonchev–Trinajstić information content (AvgIpc) is 3.14. The van der Waals surface area contributed by atoms with Gasteiger partial charge in [0, 0.05) is 17.2 Å². The number of nitro groups is 1. The molecule has 0 saturated carbocycles. The number of benzene rings is 2. The van der Waals surface area contributed by atoms with Crippen molar-refractivity contribution in [2.75, 3.05) is 5.32 Å². The van der Waals surface area contributed by atoms with Gasteiger partial charge in [-0.15, -0.1) is 0 Å². The number of nitrogens with one attached hydrogen (secondary N) is 1. The monoisotopic (exact) mass is 366 g/mol. The predicted molar refractivity (Wildman–Crippen MR) is 100.0 cm³/mol. The van der Waals surface area contributed by atoms with Crippen molar-refractivity contribution in [3.63, 3.8) is 0 Å². The maximum absolute atomic E-state index is 12.8. The molecule has 2 aromatic carbocycles. The van der Waals surface area contributed by atoms with Crippen LogP contribution in [-0.2, 0) is 0 Å². The molecular weight excluding hydrogens is 352 g/mol. The Balaban J connectivity index is 1.91. The van der Waals surface area contributed by atoms with E-state index >= 15 is 0 Å². The van der Waals surface area contributed by atoms with Crippen molar-refractivity contribution in [2.45, 2.75) is 6.92 Å². The van der Waals surface area contributed by atoms with E-state index in [2.05, 4.69) is 5.32 Å². The van der Waals surface area contributed by atoms with Crippen LogP contribution in [0.5, 0.6) is 0 Å². The van der Waals surface area contributed by atoms with Crippen molar-refractivity contribution >= 4 is 33.7 Å². The Morgan fingerprint density at radius 2 is 1.77 bits per heavy atom. The van der Waals surface area contributed by atoms with E-state index in [4.69, 9.17) is 0 Å². The summed E-state index contributed by atoms with van der Waals surface area (Å²) < 4.78 is 0. The summed E-state index contributed by atoms with van der Waals surface area (Å²) in [5.41, 5.74) is 2.13. The summed E-state index contributed by atoms with van der Waals surface area (Å²) in [7, 11) is 0. The van der Waals surface area contributed by atoms with Gasteiger partial charge in [-0.25, -0.2) is 0 Å². The molecule has 0 aliphatic rings. The molecule has 3 aromatic rings. The van der Waals surface area contributed by atoms with E-state index in [9.17, 15) is 19.7 Å². The Kier molecular flexibility index (Phi) is 4.90. The Labute approximate surface area is 153 Å². The molecule has 1 N–H and O–H groups in total. The first-order valence-electron chi connectivity index (χ1n) is 7.71. The molecule has 0 aliphatic carbocycles. The fourth-order valence-electron chi connectivity index (χ4n) is 2.43. The lowest BCUT2D eigenvalue weighted by atomic mass is 9.99. The number of hydrogen-bond acceptors (Lipinski definition) is 5. The minimum Gasteiger partial charge on any atom is -0.321 e. The molecule has 26 heavy (non-hydrogen) atoms. The zero-order chi connectivity index (χ0) is 18.7. The molecule has 0 atom stereocenters. The summed E-state index contributed by atoms with van der Waals surface area (Å²) in [5.74, 6) is -0.698. The smallest absolute Gasteiger partial charge is 0.321 e. The molecule has 1 aromatic heterocycles. The van der Waals surface area contributed by atoms with Crippen LogP contribution < -0.4 is 5.32 Å². The van der Waals surface area contributed by atoms with Crippen molar-refractivity contribution in [1.82, 2.24) is 0 Å². The number of carbonyl (C=O) groups is 2. The van der Waals surface area contributed by atoms with E-state index < -0.39 is 10.8 Å². The van der Waals surface area contributed by atoms with Crippen LogP contribution in [0.4, 0.5) is 10.7 Å². The fourth-order valence-corrected chi connectivity index (χ4v) is 3.15. The Hall–Kier alpha value is -3.32. The molecule has 0 fully saturated rings. The molecule has 0 bridgehead atoms. The third-order valence-electron chi connectivity index (χ3n) is 3.70. The summed E-state index contributed by atoms with van der Waals surface area (Å²) in [5, 5.41) is 13.3. The number of amides is 1. The molecular formula is C19H14N2O4S. The normalized spacial score (nSPS) is 10.3. The zero-order valence-corrected chi connectivity index (χ0v) is 14.6. The minimum atomic E-state index is -0.544. The van der Waals surface area contributed by atoms with Gasteiger partial charge in [-0.1, -0.05) is 53.3 Å². The largest absolute Gasteiger partial charge is 0.324 e. The lowest BCUT2D eigenvalue weighted by molar-refractivity contribution is -0.380. The fraction of sp³-hybridized carbons (Fsp3) is 0.0526. The van der Waals surface area contributed by atoms with Crippen molar-refractivity contribution in [3.05, 3.63) is 92.3 Å². The van der Waals surface area contributed by atoms with E-state index in [1.54, 1.807) is 42.5 Å². The highest BCUT2D eigenvalue weighted by atomic mass is 32.1. The van der Waals surface area contributed by atoms with Crippen molar-refractivity contribution in [3.8, 4) is 0 Å². The van der Waals surface area contributed by atoms with Crippen molar-refractivity contribution in [1.29, 1.82) is 0 Å².